The Morgan fingerprint density at radius 3 is 2.61 bits per heavy atom. The number of nitrogens with one attached hydrogen (secondary N) is 1. The molecule has 23 heavy (non-hydrogen) atoms. The fourth-order valence-corrected chi connectivity index (χ4v) is 2.87. The Hall–Kier alpha value is -2.75. The fraction of sp³-hybridized carbons (Fsp3) is 0.0769. The Morgan fingerprint density at radius 2 is 1.91 bits per heavy atom. The third kappa shape index (κ3) is 3.21. The molecule has 2 heterocycles. The normalized spacial score (nSPS) is 11.8. The number of nitrogens with zero attached hydrogens (tertiary/aromatic N) is 2. The molecule has 0 amide bonds. The van der Waals surface area contributed by atoms with Gasteiger partial charge in [-0.1, -0.05) is 5.16 Å². The Labute approximate surface area is 128 Å². The topological polar surface area (TPSA) is 94.3 Å². The number of hydrogen-bond donors (Lipinski definition) is 1. The van der Waals surface area contributed by atoms with Crippen LogP contribution >= 0.6 is 0 Å². The molecular weight excluding hydrogens is 332 g/mol. The van der Waals surface area contributed by atoms with Gasteiger partial charge in [-0.25, -0.2) is 8.42 Å². The van der Waals surface area contributed by atoms with E-state index in [0.29, 0.717) is 11.0 Å². The van der Waals surface area contributed by atoms with E-state index in [2.05, 4.69) is 19.6 Å². The van der Waals surface area contributed by atoms with Gasteiger partial charge in [0.2, 0.25) is 0 Å². The molecule has 2 aromatic heterocycles. The summed E-state index contributed by atoms with van der Waals surface area (Å²) >= 11 is 0. The summed E-state index contributed by atoms with van der Waals surface area (Å²) in [6.45, 7) is -2.98. The third-order valence-corrected chi connectivity index (χ3v) is 4.22. The Bertz CT molecular complexity index is 926. The zero-order valence-electron chi connectivity index (χ0n) is 11.3. The number of aromatic nitrogens is 2. The van der Waals surface area contributed by atoms with Crippen molar-refractivity contribution in [2.75, 3.05) is 4.72 Å². The lowest BCUT2D eigenvalue weighted by atomic mass is 10.3. The minimum absolute atomic E-state index is 0.00954. The molecule has 0 saturated heterocycles. The van der Waals surface area contributed by atoms with E-state index in [1.165, 1.54) is 12.4 Å². The maximum atomic E-state index is 12.3. The monoisotopic (exact) mass is 341 g/mol. The van der Waals surface area contributed by atoms with Crippen LogP contribution < -0.4 is 9.46 Å². The lowest BCUT2D eigenvalue weighted by molar-refractivity contribution is -0.0498. The molecule has 120 valence electrons. The number of benzene rings is 1. The highest BCUT2D eigenvalue weighted by molar-refractivity contribution is 7.92. The summed E-state index contributed by atoms with van der Waals surface area (Å²) in [5.74, 6) is -0.132. The van der Waals surface area contributed by atoms with Crippen molar-refractivity contribution in [2.45, 2.75) is 11.5 Å². The number of halogens is 2. The standard InChI is InChI=1S/C13H9F2N3O4S/c14-13(15)21-8-1-3-9(4-2-8)23(19,20)18-12-10-5-6-16-7-11(10)22-17-12/h1-7,13H,(H,17,18). The van der Waals surface area contributed by atoms with Crippen LogP contribution in [0.4, 0.5) is 14.6 Å². The smallest absolute Gasteiger partial charge is 0.387 e. The first-order chi connectivity index (χ1) is 11.0. The number of alkyl halides is 2. The van der Waals surface area contributed by atoms with Crippen LogP contribution in [0.3, 0.4) is 0 Å². The molecule has 0 radical (unpaired) electrons. The quantitative estimate of drug-likeness (QED) is 0.767. The number of fused-ring (bicyclic) bond motifs is 1. The molecule has 0 fully saturated rings. The number of ether oxygens (including phenoxy) is 1. The van der Waals surface area contributed by atoms with Gasteiger partial charge in [0, 0.05) is 6.20 Å². The van der Waals surface area contributed by atoms with Gasteiger partial charge in [0.05, 0.1) is 16.5 Å². The van der Waals surface area contributed by atoms with Crippen LogP contribution in [0.15, 0.2) is 52.1 Å². The van der Waals surface area contributed by atoms with E-state index < -0.39 is 16.6 Å². The van der Waals surface area contributed by atoms with Crippen LogP contribution in [-0.2, 0) is 10.0 Å². The summed E-state index contributed by atoms with van der Waals surface area (Å²) in [6, 6.07) is 6.09. The van der Waals surface area contributed by atoms with Crippen molar-refractivity contribution in [3.63, 3.8) is 0 Å². The summed E-state index contributed by atoms with van der Waals surface area (Å²) in [4.78, 5) is 3.69. The predicted octanol–water partition coefficient (Wildman–Crippen LogP) is 2.63. The molecule has 0 saturated carbocycles. The Kier molecular flexibility index (Phi) is 3.82. The minimum Gasteiger partial charge on any atom is -0.435 e. The van der Waals surface area contributed by atoms with Gasteiger partial charge < -0.3 is 9.26 Å². The van der Waals surface area contributed by atoms with Crippen molar-refractivity contribution in [3.8, 4) is 5.75 Å². The molecule has 3 aromatic rings. The molecule has 0 atom stereocenters. The van der Waals surface area contributed by atoms with E-state index in [1.807, 2.05) is 0 Å². The van der Waals surface area contributed by atoms with Crippen molar-refractivity contribution in [2.24, 2.45) is 0 Å². The number of pyridine rings is 1. The van der Waals surface area contributed by atoms with Crippen molar-refractivity contribution in [1.29, 1.82) is 0 Å². The van der Waals surface area contributed by atoms with Gasteiger partial charge in [0.1, 0.15) is 5.75 Å². The fourth-order valence-electron chi connectivity index (χ4n) is 1.85. The molecular formula is C13H9F2N3O4S. The molecule has 7 nitrogen and oxygen atoms in total. The Morgan fingerprint density at radius 1 is 1.17 bits per heavy atom. The molecule has 0 aliphatic carbocycles. The van der Waals surface area contributed by atoms with E-state index in [1.54, 1.807) is 6.07 Å². The average Bonchev–Trinajstić information content (AvgIpc) is 2.90. The van der Waals surface area contributed by atoms with Gasteiger partial charge in [-0.3, -0.25) is 9.71 Å². The molecule has 0 unspecified atom stereocenters. The molecule has 0 spiro atoms. The van der Waals surface area contributed by atoms with Gasteiger partial charge >= 0.3 is 6.61 Å². The van der Waals surface area contributed by atoms with E-state index in [-0.39, 0.29) is 16.5 Å². The molecule has 0 bridgehead atoms. The summed E-state index contributed by atoms with van der Waals surface area (Å²) in [5.41, 5.74) is 0.325. The SMILES string of the molecule is O=S(=O)(Nc1noc2cnccc12)c1ccc(OC(F)F)cc1. The lowest BCUT2D eigenvalue weighted by Gasteiger charge is -2.07. The maximum absolute atomic E-state index is 12.3. The number of rotatable bonds is 5. The van der Waals surface area contributed by atoms with Crippen molar-refractivity contribution in [1.82, 2.24) is 10.1 Å². The van der Waals surface area contributed by atoms with E-state index in [4.69, 9.17) is 4.52 Å². The van der Waals surface area contributed by atoms with Crippen LogP contribution in [-0.4, -0.2) is 25.2 Å². The Balaban J connectivity index is 1.86. The van der Waals surface area contributed by atoms with E-state index >= 15 is 0 Å². The van der Waals surface area contributed by atoms with Crippen LogP contribution in [0.25, 0.3) is 11.0 Å². The highest BCUT2D eigenvalue weighted by atomic mass is 32.2. The van der Waals surface area contributed by atoms with Crippen LogP contribution in [0, 0.1) is 0 Å². The number of anilines is 1. The second kappa shape index (κ2) is 5.80. The summed E-state index contributed by atoms with van der Waals surface area (Å²) in [7, 11) is -3.96. The van der Waals surface area contributed by atoms with Gasteiger partial charge in [-0.15, -0.1) is 0 Å². The zero-order chi connectivity index (χ0) is 16.4. The lowest BCUT2D eigenvalue weighted by Crippen LogP contribution is -2.13. The summed E-state index contributed by atoms with van der Waals surface area (Å²) in [5, 5.41) is 4.08. The largest absolute Gasteiger partial charge is 0.435 e. The van der Waals surface area contributed by atoms with Gasteiger partial charge in [0.15, 0.2) is 11.4 Å². The number of sulfonamides is 1. The highest BCUT2D eigenvalue weighted by Crippen LogP contribution is 2.25. The summed E-state index contributed by atoms with van der Waals surface area (Å²) < 4.78 is 60.1. The molecule has 10 heteroatoms. The second-order valence-corrected chi connectivity index (χ2v) is 6.04. The average molecular weight is 341 g/mol. The molecule has 0 aliphatic rings. The maximum Gasteiger partial charge on any atom is 0.387 e. The van der Waals surface area contributed by atoms with Crippen molar-refractivity contribution in [3.05, 3.63) is 42.7 Å². The molecule has 1 aromatic carbocycles. The van der Waals surface area contributed by atoms with E-state index in [9.17, 15) is 17.2 Å². The van der Waals surface area contributed by atoms with Crippen LogP contribution in [0.5, 0.6) is 5.75 Å². The highest BCUT2D eigenvalue weighted by Gasteiger charge is 2.18. The van der Waals surface area contributed by atoms with Crippen LogP contribution in [0.1, 0.15) is 0 Å². The zero-order valence-corrected chi connectivity index (χ0v) is 12.1. The predicted molar refractivity (Wildman–Crippen MR) is 75.7 cm³/mol. The molecule has 1 N–H and O–H groups in total. The minimum atomic E-state index is -3.96. The second-order valence-electron chi connectivity index (χ2n) is 4.36. The summed E-state index contributed by atoms with van der Waals surface area (Å²) in [6.07, 6.45) is 2.87. The van der Waals surface area contributed by atoms with Gasteiger partial charge in [0.25, 0.3) is 10.0 Å². The van der Waals surface area contributed by atoms with Crippen molar-refractivity contribution >= 4 is 26.8 Å². The van der Waals surface area contributed by atoms with Gasteiger partial charge in [-0.05, 0) is 30.3 Å². The third-order valence-electron chi connectivity index (χ3n) is 2.87. The first kappa shape index (κ1) is 15.2. The molecule has 3 rings (SSSR count). The van der Waals surface area contributed by atoms with Gasteiger partial charge in [-0.2, -0.15) is 8.78 Å². The first-order valence-electron chi connectivity index (χ1n) is 6.23. The first-order valence-corrected chi connectivity index (χ1v) is 7.71. The number of hydrogen-bond acceptors (Lipinski definition) is 6. The van der Waals surface area contributed by atoms with Crippen molar-refractivity contribution < 1.29 is 26.5 Å². The van der Waals surface area contributed by atoms with Crippen LogP contribution in [0.2, 0.25) is 0 Å². The molecule has 0 aliphatic heterocycles. The van der Waals surface area contributed by atoms with E-state index in [0.717, 1.165) is 24.3 Å².